The van der Waals surface area contributed by atoms with Crippen LogP contribution in [0.3, 0.4) is 0 Å². The summed E-state index contributed by atoms with van der Waals surface area (Å²) in [6.45, 7) is 4.49. The minimum absolute atomic E-state index is 0.453. The molecule has 0 fully saturated rings. The van der Waals surface area contributed by atoms with Crippen molar-refractivity contribution >= 4 is 40.1 Å². The summed E-state index contributed by atoms with van der Waals surface area (Å²) in [7, 11) is 0. The van der Waals surface area contributed by atoms with Gasteiger partial charge in [0.15, 0.2) is 0 Å². The third-order valence-corrected chi connectivity index (χ3v) is 5.39. The Morgan fingerprint density at radius 3 is 2.93 bits per heavy atom. The summed E-state index contributed by atoms with van der Waals surface area (Å²) >= 11 is 4.37. The molecule has 3 unspecified atom stereocenters. The van der Waals surface area contributed by atoms with Gasteiger partial charge in [-0.25, -0.2) is 0 Å². The second-order valence-corrected chi connectivity index (χ2v) is 6.45. The van der Waals surface area contributed by atoms with Crippen molar-refractivity contribution in [2.75, 3.05) is 0 Å². The summed E-state index contributed by atoms with van der Waals surface area (Å²) in [6, 6.07) is 4.50. The van der Waals surface area contributed by atoms with E-state index in [0.29, 0.717) is 15.9 Å². The average molecular weight is 319 g/mol. The molecule has 0 aliphatic carbocycles. The van der Waals surface area contributed by atoms with Crippen LogP contribution in [0.15, 0.2) is 17.1 Å². The van der Waals surface area contributed by atoms with Crippen molar-refractivity contribution in [1.82, 2.24) is 0 Å². The summed E-state index contributed by atoms with van der Waals surface area (Å²) in [5.74, 6) is 1.35. The zero-order valence-corrected chi connectivity index (χ0v) is 11.4. The summed E-state index contributed by atoms with van der Waals surface area (Å²) in [5, 5.41) is 0. The molecule has 1 nitrogen and oxygen atoms in total. The molecule has 0 amide bonds. The summed E-state index contributed by atoms with van der Waals surface area (Å²) in [5.41, 5.74) is 0. The van der Waals surface area contributed by atoms with Crippen LogP contribution in [0.4, 0.5) is 0 Å². The molecule has 3 heteroatoms. The van der Waals surface area contributed by atoms with Crippen molar-refractivity contribution in [3.63, 3.8) is 0 Å². The number of hydrogen-bond acceptors (Lipinski definition) is 2. The van der Waals surface area contributed by atoms with Crippen LogP contribution in [0.5, 0.6) is 0 Å². The van der Waals surface area contributed by atoms with Gasteiger partial charge in [0.05, 0.1) is 0 Å². The van der Waals surface area contributed by atoms with Gasteiger partial charge in [-0.1, -0.05) is 29.5 Å². The fourth-order valence-electron chi connectivity index (χ4n) is 1.85. The molecule has 0 radical (unpaired) electrons. The van der Waals surface area contributed by atoms with E-state index in [9.17, 15) is 0 Å². The van der Waals surface area contributed by atoms with Gasteiger partial charge in [-0.3, -0.25) is 4.99 Å². The second kappa shape index (κ2) is 4.31. The third kappa shape index (κ3) is 2.03. The molecule has 0 spiro atoms. The highest BCUT2D eigenvalue weighted by Crippen LogP contribution is 2.38. The lowest BCUT2D eigenvalue weighted by atomic mass is 9.88. The lowest BCUT2D eigenvalue weighted by Gasteiger charge is -2.27. The molecule has 1 aliphatic rings. The van der Waals surface area contributed by atoms with Crippen LogP contribution in [0.1, 0.15) is 29.0 Å². The second-order valence-electron chi connectivity index (χ2n) is 3.85. The fraction of sp³-hybridized carbons (Fsp3) is 0.545. The van der Waals surface area contributed by atoms with Crippen LogP contribution in [0.25, 0.3) is 0 Å². The lowest BCUT2D eigenvalue weighted by molar-refractivity contribution is 0.460. The van der Waals surface area contributed by atoms with Gasteiger partial charge in [-0.05, 0) is 31.4 Å². The Morgan fingerprint density at radius 2 is 2.29 bits per heavy atom. The number of rotatable bonds is 1. The SMILES string of the molecule is Cc1ccc(C2CC=NC(I)C2C)s1. The fourth-order valence-corrected chi connectivity index (χ4v) is 3.68. The highest BCUT2D eigenvalue weighted by Gasteiger charge is 2.27. The first-order valence-electron chi connectivity index (χ1n) is 4.90. The van der Waals surface area contributed by atoms with E-state index in [0.717, 1.165) is 6.42 Å². The molecule has 1 aromatic heterocycles. The maximum Gasteiger partial charge on any atom is 0.104 e. The number of alkyl halides is 1. The van der Waals surface area contributed by atoms with Crippen LogP contribution in [-0.4, -0.2) is 10.3 Å². The molecule has 14 heavy (non-hydrogen) atoms. The first-order valence-corrected chi connectivity index (χ1v) is 6.96. The van der Waals surface area contributed by atoms with Crippen LogP contribution in [-0.2, 0) is 0 Å². The lowest BCUT2D eigenvalue weighted by Crippen LogP contribution is -2.22. The van der Waals surface area contributed by atoms with Crippen molar-refractivity contribution in [2.45, 2.75) is 30.2 Å². The summed E-state index contributed by atoms with van der Waals surface area (Å²) in [6.07, 6.45) is 3.21. The number of aryl methyl sites for hydroxylation is 1. The Bertz CT molecular complexity index is 345. The molecule has 1 aliphatic heterocycles. The number of halogens is 1. The normalized spacial score (nSPS) is 32.1. The molecular weight excluding hydrogens is 305 g/mol. The topological polar surface area (TPSA) is 12.4 Å². The van der Waals surface area contributed by atoms with Crippen molar-refractivity contribution in [3.8, 4) is 0 Å². The average Bonchev–Trinajstić information content (AvgIpc) is 2.57. The molecule has 0 bridgehead atoms. The summed E-state index contributed by atoms with van der Waals surface area (Å²) < 4.78 is 0.453. The van der Waals surface area contributed by atoms with E-state index in [1.807, 2.05) is 11.3 Å². The van der Waals surface area contributed by atoms with Crippen molar-refractivity contribution in [2.24, 2.45) is 10.9 Å². The van der Waals surface area contributed by atoms with Crippen LogP contribution in [0, 0.1) is 12.8 Å². The van der Waals surface area contributed by atoms with Gasteiger partial charge in [0, 0.05) is 21.9 Å². The predicted molar refractivity (Wildman–Crippen MR) is 71.9 cm³/mol. The highest BCUT2D eigenvalue weighted by atomic mass is 127. The quantitative estimate of drug-likeness (QED) is 0.421. The number of hydrogen-bond donors (Lipinski definition) is 0. The Kier molecular flexibility index (Phi) is 3.27. The van der Waals surface area contributed by atoms with Gasteiger partial charge in [-0.2, -0.15) is 0 Å². The Morgan fingerprint density at radius 1 is 1.50 bits per heavy atom. The molecular formula is C11H14INS. The molecule has 0 aromatic carbocycles. The van der Waals surface area contributed by atoms with E-state index in [-0.39, 0.29) is 0 Å². The van der Waals surface area contributed by atoms with Crippen LogP contribution in [0.2, 0.25) is 0 Å². The Balaban J connectivity index is 2.23. The first kappa shape index (κ1) is 10.6. The van der Waals surface area contributed by atoms with E-state index in [1.54, 1.807) is 0 Å². The van der Waals surface area contributed by atoms with Gasteiger partial charge >= 0.3 is 0 Å². The highest BCUT2D eigenvalue weighted by molar-refractivity contribution is 14.1. The van der Waals surface area contributed by atoms with Crippen LogP contribution >= 0.6 is 33.9 Å². The third-order valence-electron chi connectivity index (χ3n) is 2.80. The molecule has 0 N–H and O–H groups in total. The van der Waals surface area contributed by atoms with Gasteiger partial charge in [0.1, 0.15) is 4.05 Å². The minimum Gasteiger partial charge on any atom is -0.283 e. The predicted octanol–water partition coefficient (Wildman–Crippen LogP) is 4.01. The Hall–Kier alpha value is 0.1000. The smallest absolute Gasteiger partial charge is 0.104 e. The standard InChI is InChI=1S/C11H14INS/c1-7-3-4-10(14-7)9-5-6-13-11(12)8(9)2/h3-4,6,8-9,11H,5H2,1-2H3. The molecule has 3 atom stereocenters. The van der Waals surface area contributed by atoms with Crippen molar-refractivity contribution in [3.05, 3.63) is 21.9 Å². The Labute approximate surface area is 103 Å². The zero-order valence-electron chi connectivity index (χ0n) is 8.40. The summed E-state index contributed by atoms with van der Waals surface area (Å²) in [4.78, 5) is 7.41. The number of aliphatic imine (C=N–C) groups is 1. The minimum atomic E-state index is 0.453. The monoisotopic (exact) mass is 319 g/mol. The van der Waals surface area contributed by atoms with Crippen molar-refractivity contribution in [1.29, 1.82) is 0 Å². The number of thiophene rings is 1. The number of nitrogens with zero attached hydrogens (tertiary/aromatic N) is 1. The van der Waals surface area contributed by atoms with E-state index in [2.05, 4.69) is 59.8 Å². The largest absolute Gasteiger partial charge is 0.283 e. The van der Waals surface area contributed by atoms with Gasteiger partial charge < -0.3 is 0 Å². The van der Waals surface area contributed by atoms with Crippen molar-refractivity contribution < 1.29 is 0 Å². The van der Waals surface area contributed by atoms with E-state index in [4.69, 9.17) is 0 Å². The van der Waals surface area contributed by atoms with Gasteiger partial charge in [0.25, 0.3) is 0 Å². The molecule has 1 aromatic rings. The molecule has 2 rings (SSSR count). The van der Waals surface area contributed by atoms with Gasteiger partial charge in [0.2, 0.25) is 0 Å². The van der Waals surface area contributed by atoms with E-state index < -0.39 is 0 Å². The van der Waals surface area contributed by atoms with E-state index >= 15 is 0 Å². The molecule has 0 saturated heterocycles. The maximum absolute atomic E-state index is 4.46. The molecule has 0 saturated carbocycles. The van der Waals surface area contributed by atoms with E-state index in [1.165, 1.54) is 9.75 Å². The zero-order chi connectivity index (χ0) is 10.1. The maximum atomic E-state index is 4.46. The molecule has 2 heterocycles. The molecule has 76 valence electrons. The van der Waals surface area contributed by atoms with Crippen LogP contribution < -0.4 is 0 Å². The van der Waals surface area contributed by atoms with Gasteiger partial charge in [-0.15, -0.1) is 11.3 Å². The first-order chi connectivity index (χ1) is 6.68.